The summed E-state index contributed by atoms with van der Waals surface area (Å²) < 4.78 is 5.18. The number of hydrogen-bond donors (Lipinski definition) is 0. The van der Waals surface area contributed by atoms with Crippen LogP contribution in [-0.4, -0.2) is 12.9 Å². The molecule has 0 radical (unpaired) electrons. The highest BCUT2D eigenvalue weighted by Gasteiger charge is 2.15. The predicted molar refractivity (Wildman–Crippen MR) is 58.0 cm³/mol. The van der Waals surface area contributed by atoms with Crippen LogP contribution >= 0.6 is 34.8 Å². The average Bonchev–Trinajstić information content (AvgIpc) is 2.12. The van der Waals surface area contributed by atoms with Gasteiger partial charge in [-0.1, -0.05) is 34.8 Å². The molecule has 0 amide bonds. The maximum Gasteiger partial charge on any atom is 0.157 e. The summed E-state index contributed by atoms with van der Waals surface area (Å²) in [5.74, 6) is 0.294. The first kappa shape index (κ1) is 11.6. The lowest BCUT2D eigenvalue weighted by molar-refractivity contribution is 0.112. The van der Waals surface area contributed by atoms with E-state index in [1.165, 1.54) is 6.07 Å². The van der Waals surface area contributed by atoms with E-state index in [1.54, 1.807) is 6.92 Å². The summed E-state index contributed by atoms with van der Waals surface area (Å²) in [6, 6.07) is 1.43. The van der Waals surface area contributed by atoms with Gasteiger partial charge in [-0.25, -0.2) is 0 Å². The molecule has 0 aliphatic rings. The SMILES string of the molecule is CCOc1c(Cl)cc(Cl)c(C=O)c1Cl. The molecule has 5 heteroatoms. The van der Waals surface area contributed by atoms with Crippen LogP contribution in [0.5, 0.6) is 5.75 Å². The second-order valence-electron chi connectivity index (χ2n) is 2.45. The number of halogens is 3. The monoisotopic (exact) mass is 252 g/mol. The Labute approximate surface area is 96.7 Å². The molecule has 0 fully saturated rings. The molecule has 76 valence electrons. The normalized spacial score (nSPS) is 10.0. The molecule has 0 aliphatic heterocycles. The van der Waals surface area contributed by atoms with Gasteiger partial charge in [0.05, 0.1) is 27.2 Å². The summed E-state index contributed by atoms with van der Waals surface area (Å²) in [5.41, 5.74) is 0.196. The molecule has 0 unspecified atom stereocenters. The molecule has 1 aromatic rings. The minimum Gasteiger partial charge on any atom is -0.491 e. The molecule has 0 atom stereocenters. The van der Waals surface area contributed by atoms with Crippen LogP contribution in [0.1, 0.15) is 17.3 Å². The topological polar surface area (TPSA) is 26.3 Å². The summed E-state index contributed by atoms with van der Waals surface area (Å²) >= 11 is 17.5. The van der Waals surface area contributed by atoms with Gasteiger partial charge in [0.15, 0.2) is 12.0 Å². The molecule has 2 nitrogen and oxygen atoms in total. The third-order valence-electron chi connectivity index (χ3n) is 1.57. The zero-order valence-electron chi connectivity index (χ0n) is 7.31. The Balaban J connectivity index is 3.35. The highest BCUT2D eigenvalue weighted by Crippen LogP contribution is 2.38. The minimum absolute atomic E-state index is 0.152. The Kier molecular flexibility index (Phi) is 4.05. The van der Waals surface area contributed by atoms with Crippen LogP contribution in [0.2, 0.25) is 15.1 Å². The second kappa shape index (κ2) is 4.87. The van der Waals surface area contributed by atoms with Crippen LogP contribution in [0.25, 0.3) is 0 Å². The quantitative estimate of drug-likeness (QED) is 0.765. The summed E-state index contributed by atoms with van der Waals surface area (Å²) in [7, 11) is 0. The van der Waals surface area contributed by atoms with Crippen molar-refractivity contribution < 1.29 is 9.53 Å². The summed E-state index contributed by atoms with van der Waals surface area (Å²) in [4.78, 5) is 10.6. The van der Waals surface area contributed by atoms with Crippen molar-refractivity contribution in [1.82, 2.24) is 0 Å². The maximum absolute atomic E-state index is 10.6. The van der Waals surface area contributed by atoms with Gasteiger partial charge >= 0.3 is 0 Å². The fourth-order valence-corrected chi connectivity index (χ4v) is 1.93. The molecule has 0 aromatic heterocycles. The van der Waals surface area contributed by atoms with Crippen LogP contribution < -0.4 is 4.74 Å². The molecule has 0 aliphatic carbocycles. The first-order valence-electron chi connectivity index (χ1n) is 3.87. The molecule has 0 N–H and O–H groups in total. The Morgan fingerprint density at radius 2 is 2.00 bits per heavy atom. The highest BCUT2D eigenvalue weighted by molar-refractivity contribution is 6.42. The van der Waals surface area contributed by atoms with Crippen molar-refractivity contribution in [2.75, 3.05) is 6.61 Å². The van der Waals surface area contributed by atoms with Crippen molar-refractivity contribution in [3.63, 3.8) is 0 Å². The van der Waals surface area contributed by atoms with Gasteiger partial charge in [-0.05, 0) is 13.0 Å². The number of ether oxygens (including phenoxy) is 1. The lowest BCUT2D eigenvalue weighted by atomic mass is 10.2. The Bertz CT molecular complexity index is 364. The lowest BCUT2D eigenvalue weighted by Crippen LogP contribution is -1.96. The van der Waals surface area contributed by atoms with Crippen molar-refractivity contribution in [1.29, 1.82) is 0 Å². The third kappa shape index (κ3) is 2.14. The minimum atomic E-state index is 0.152. The van der Waals surface area contributed by atoms with Crippen molar-refractivity contribution in [3.05, 3.63) is 26.7 Å². The average molecular weight is 254 g/mol. The number of carbonyl (C=O) groups is 1. The van der Waals surface area contributed by atoms with E-state index in [2.05, 4.69) is 0 Å². The van der Waals surface area contributed by atoms with Gasteiger partial charge in [0.25, 0.3) is 0 Å². The Morgan fingerprint density at radius 3 is 2.50 bits per heavy atom. The molecule has 14 heavy (non-hydrogen) atoms. The molecule has 0 saturated carbocycles. The van der Waals surface area contributed by atoms with E-state index < -0.39 is 0 Å². The van der Waals surface area contributed by atoms with E-state index in [-0.39, 0.29) is 15.6 Å². The molecule has 0 heterocycles. The molecular formula is C9H7Cl3O2. The first-order chi connectivity index (χ1) is 6.61. The van der Waals surface area contributed by atoms with Crippen LogP contribution in [0.3, 0.4) is 0 Å². The van der Waals surface area contributed by atoms with E-state index in [9.17, 15) is 4.79 Å². The van der Waals surface area contributed by atoms with E-state index in [1.807, 2.05) is 0 Å². The fraction of sp³-hybridized carbons (Fsp3) is 0.222. The fourth-order valence-electron chi connectivity index (χ4n) is 0.971. The number of carbonyl (C=O) groups excluding carboxylic acids is 1. The zero-order valence-corrected chi connectivity index (χ0v) is 9.58. The van der Waals surface area contributed by atoms with Gasteiger partial charge in [-0.2, -0.15) is 0 Å². The number of rotatable bonds is 3. The Hall–Kier alpha value is -0.440. The predicted octanol–water partition coefficient (Wildman–Crippen LogP) is 3.86. The molecule has 0 saturated heterocycles. The van der Waals surface area contributed by atoms with Gasteiger partial charge in [-0.3, -0.25) is 4.79 Å². The van der Waals surface area contributed by atoms with Crippen molar-refractivity contribution in [3.8, 4) is 5.75 Å². The standard InChI is InChI=1S/C9H7Cl3O2/c1-2-14-9-7(11)3-6(10)5(4-13)8(9)12/h3-4H,2H2,1H3. The molecule has 1 rings (SSSR count). The van der Waals surface area contributed by atoms with Crippen LogP contribution in [-0.2, 0) is 0 Å². The zero-order chi connectivity index (χ0) is 10.7. The van der Waals surface area contributed by atoms with Crippen molar-refractivity contribution in [2.45, 2.75) is 6.92 Å². The highest BCUT2D eigenvalue weighted by atomic mass is 35.5. The maximum atomic E-state index is 10.6. The summed E-state index contributed by atoms with van der Waals surface area (Å²) in [5, 5.41) is 0.672. The molecule has 0 bridgehead atoms. The third-order valence-corrected chi connectivity index (χ3v) is 2.54. The number of aldehydes is 1. The van der Waals surface area contributed by atoms with Crippen molar-refractivity contribution in [2.24, 2.45) is 0 Å². The molecule has 1 aromatic carbocycles. The van der Waals surface area contributed by atoms with E-state index >= 15 is 0 Å². The first-order valence-corrected chi connectivity index (χ1v) is 5.00. The van der Waals surface area contributed by atoms with Crippen molar-refractivity contribution >= 4 is 41.1 Å². The Morgan fingerprint density at radius 1 is 1.36 bits per heavy atom. The number of benzene rings is 1. The molecule has 0 spiro atoms. The lowest BCUT2D eigenvalue weighted by Gasteiger charge is -2.10. The van der Waals surface area contributed by atoms with Gasteiger partial charge in [0, 0.05) is 0 Å². The smallest absolute Gasteiger partial charge is 0.157 e. The van der Waals surface area contributed by atoms with Crippen LogP contribution in [0.4, 0.5) is 0 Å². The number of hydrogen-bond acceptors (Lipinski definition) is 2. The van der Waals surface area contributed by atoms with Gasteiger partial charge in [0.2, 0.25) is 0 Å². The van der Waals surface area contributed by atoms with E-state index in [0.29, 0.717) is 23.7 Å². The van der Waals surface area contributed by atoms with Gasteiger partial charge in [-0.15, -0.1) is 0 Å². The van der Waals surface area contributed by atoms with Gasteiger partial charge < -0.3 is 4.74 Å². The van der Waals surface area contributed by atoms with E-state index in [4.69, 9.17) is 39.5 Å². The van der Waals surface area contributed by atoms with E-state index in [0.717, 1.165) is 0 Å². The second-order valence-corrected chi connectivity index (χ2v) is 3.64. The molecular weight excluding hydrogens is 246 g/mol. The summed E-state index contributed by atoms with van der Waals surface area (Å²) in [6.07, 6.45) is 0.573. The summed E-state index contributed by atoms with van der Waals surface area (Å²) in [6.45, 7) is 2.21. The largest absolute Gasteiger partial charge is 0.491 e. The van der Waals surface area contributed by atoms with Crippen LogP contribution in [0, 0.1) is 0 Å². The van der Waals surface area contributed by atoms with Crippen LogP contribution in [0.15, 0.2) is 6.07 Å². The van der Waals surface area contributed by atoms with Gasteiger partial charge in [0.1, 0.15) is 0 Å².